The monoisotopic (exact) mass is 316 g/mol. The van der Waals surface area contributed by atoms with Gasteiger partial charge in [-0.1, -0.05) is 11.2 Å². The normalized spacial score (nSPS) is 17.2. The maximum atomic E-state index is 12.1. The van der Waals surface area contributed by atoms with E-state index in [1.165, 1.54) is 4.90 Å². The minimum atomic E-state index is -0.554. The maximum Gasteiger partial charge on any atom is 0.318 e. The van der Waals surface area contributed by atoms with Crippen LogP contribution in [0.4, 0.5) is 4.79 Å². The number of aromatic nitrogens is 3. The second-order valence-electron chi connectivity index (χ2n) is 5.14. The predicted octanol–water partition coefficient (Wildman–Crippen LogP) is 0.291. The highest BCUT2D eigenvalue weighted by molar-refractivity contribution is 5.86. The first kappa shape index (κ1) is 14.9. The quantitative estimate of drug-likeness (QED) is 0.834. The first-order valence-corrected chi connectivity index (χ1v) is 7.23. The van der Waals surface area contributed by atoms with Crippen molar-refractivity contribution in [3.8, 4) is 11.5 Å². The molecule has 1 aliphatic rings. The van der Waals surface area contributed by atoms with E-state index in [1.807, 2.05) is 6.07 Å². The van der Waals surface area contributed by atoms with E-state index < -0.39 is 11.9 Å². The lowest BCUT2D eigenvalue weighted by molar-refractivity contribution is -0.121. The van der Waals surface area contributed by atoms with E-state index in [1.54, 1.807) is 18.3 Å². The lowest BCUT2D eigenvalue weighted by atomic mass is 10.2. The number of nitrogens with one attached hydrogen (secondary N) is 1. The van der Waals surface area contributed by atoms with Gasteiger partial charge in [-0.25, -0.2) is 4.79 Å². The minimum absolute atomic E-state index is 0.0701. The van der Waals surface area contributed by atoms with Gasteiger partial charge in [-0.2, -0.15) is 4.98 Å². The Morgan fingerprint density at radius 2 is 2.30 bits per heavy atom. The van der Waals surface area contributed by atoms with Gasteiger partial charge in [0.1, 0.15) is 11.7 Å². The highest BCUT2D eigenvalue weighted by Crippen LogP contribution is 2.17. The van der Waals surface area contributed by atoms with Gasteiger partial charge in [-0.15, -0.1) is 0 Å². The highest BCUT2D eigenvalue weighted by Gasteiger charge is 2.32. The van der Waals surface area contributed by atoms with Gasteiger partial charge < -0.3 is 20.5 Å². The van der Waals surface area contributed by atoms with Crippen molar-refractivity contribution in [3.05, 3.63) is 30.3 Å². The van der Waals surface area contributed by atoms with Gasteiger partial charge in [0.25, 0.3) is 0 Å². The van der Waals surface area contributed by atoms with E-state index in [4.69, 9.17) is 10.3 Å². The Hall–Kier alpha value is -2.97. The Morgan fingerprint density at radius 3 is 3.04 bits per heavy atom. The lowest BCUT2D eigenvalue weighted by Gasteiger charge is -2.21. The molecule has 0 aromatic carbocycles. The van der Waals surface area contributed by atoms with Crippen LogP contribution in [0.2, 0.25) is 0 Å². The third kappa shape index (κ3) is 3.28. The van der Waals surface area contributed by atoms with E-state index in [-0.39, 0.29) is 18.5 Å². The first-order chi connectivity index (χ1) is 11.1. The third-order valence-electron chi connectivity index (χ3n) is 3.60. The van der Waals surface area contributed by atoms with Gasteiger partial charge in [0, 0.05) is 12.7 Å². The molecular weight excluding hydrogens is 300 g/mol. The van der Waals surface area contributed by atoms with Gasteiger partial charge in [0.05, 0.1) is 6.54 Å². The average Bonchev–Trinajstić information content (AvgIpc) is 3.23. The Labute approximate surface area is 131 Å². The largest absolute Gasteiger partial charge is 0.368 e. The Kier molecular flexibility index (Phi) is 4.18. The molecule has 3 N–H and O–H groups in total. The van der Waals surface area contributed by atoms with Crippen LogP contribution in [0.5, 0.6) is 0 Å². The second kappa shape index (κ2) is 6.42. The summed E-state index contributed by atoms with van der Waals surface area (Å²) in [5.74, 6) is 0.118. The molecule has 23 heavy (non-hydrogen) atoms. The molecule has 3 rings (SSSR count). The number of hydrogen-bond acceptors (Lipinski definition) is 6. The van der Waals surface area contributed by atoms with Gasteiger partial charge in [0.15, 0.2) is 0 Å². The van der Waals surface area contributed by atoms with Crippen LogP contribution in [0, 0.1) is 0 Å². The molecule has 9 heteroatoms. The molecule has 9 nitrogen and oxygen atoms in total. The number of carbonyl (C=O) groups excluding carboxylic acids is 2. The van der Waals surface area contributed by atoms with Crippen molar-refractivity contribution in [2.24, 2.45) is 5.73 Å². The number of nitrogens with two attached hydrogens (primary N) is 1. The van der Waals surface area contributed by atoms with Crippen LogP contribution >= 0.6 is 0 Å². The smallest absolute Gasteiger partial charge is 0.318 e. The summed E-state index contributed by atoms with van der Waals surface area (Å²) >= 11 is 0. The van der Waals surface area contributed by atoms with E-state index in [0.29, 0.717) is 24.5 Å². The third-order valence-corrected chi connectivity index (χ3v) is 3.60. The Morgan fingerprint density at radius 1 is 1.43 bits per heavy atom. The number of rotatable bonds is 4. The van der Waals surface area contributed by atoms with Crippen molar-refractivity contribution in [1.29, 1.82) is 0 Å². The number of urea groups is 1. The van der Waals surface area contributed by atoms with Crippen LogP contribution < -0.4 is 11.1 Å². The molecule has 3 heterocycles. The summed E-state index contributed by atoms with van der Waals surface area (Å²) in [4.78, 5) is 33.1. The first-order valence-electron chi connectivity index (χ1n) is 7.23. The summed E-state index contributed by atoms with van der Waals surface area (Å²) in [5.41, 5.74) is 5.88. The number of amides is 3. The molecular formula is C14H16N6O3. The summed E-state index contributed by atoms with van der Waals surface area (Å²) < 4.78 is 5.08. The maximum absolute atomic E-state index is 12.1. The zero-order chi connectivity index (χ0) is 16.2. The van der Waals surface area contributed by atoms with E-state index in [9.17, 15) is 9.59 Å². The molecule has 0 radical (unpaired) electrons. The molecule has 0 aliphatic carbocycles. The molecule has 1 fully saturated rings. The van der Waals surface area contributed by atoms with Crippen molar-refractivity contribution in [2.45, 2.75) is 25.4 Å². The molecule has 1 atom stereocenters. The van der Waals surface area contributed by atoms with Crippen molar-refractivity contribution in [1.82, 2.24) is 25.3 Å². The highest BCUT2D eigenvalue weighted by atomic mass is 16.5. The molecule has 2 aromatic rings. The van der Waals surface area contributed by atoms with Crippen LogP contribution in [0.25, 0.3) is 11.5 Å². The molecule has 3 amide bonds. The zero-order valence-electron chi connectivity index (χ0n) is 12.3. The molecule has 0 unspecified atom stereocenters. The van der Waals surface area contributed by atoms with Gasteiger partial charge in [-0.3, -0.25) is 9.78 Å². The average molecular weight is 316 g/mol. The van der Waals surface area contributed by atoms with Crippen LogP contribution in [0.15, 0.2) is 28.9 Å². The van der Waals surface area contributed by atoms with E-state index in [2.05, 4.69) is 20.4 Å². The van der Waals surface area contributed by atoms with Crippen LogP contribution in [0.3, 0.4) is 0 Å². The number of primary amides is 1. The second-order valence-corrected chi connectivity index (χ2v) is 5.14. The molecule has 120 valence electrons. The summed E-state index contributed by atoms with van der Waals surface area (Å²) in [6, 6.07) is 4.44. The standard InChI is InChI=1S/C14H16N6O3/c15-12(21)10-5-3-7-20(10)14(22)17-8-11-18-13(19-23-11)9-4-1-2-6-16-9/h1-2,4,6,10H,3,5,7-8H2,(H2,15,21)(H,17,22)/t10-/m0/s1. The number of carbonyl (C=O) groups is 2. The fourth-order valence-electron chi connectivity index (χ4n) is 2.48. The Bertz CT molecular complexity index is 702. The Balaban J connectivity index is 1.60. The van der Waals surface area contributed by atoms with E-state index >= 15 is 0 Å². The molecule has 2 aromatic heterocycles. The fourth-order valence-corrected chi connectivity index (χ4v) is 2.48. The lowest BCUT2D eigenvalue weighted by Crippen LogP contribution is -2.47. The number of hydrogen-bond donors (Lipinski definition) is 2. The van der Waals surface area contributed by atoms with Crippen molar-refractivity contribution < 1.29 is 14.1 Å². The molecule has 1 saturated heterocycles. The summed E-state index contributed by atoms with van der Waals surface area (Å²) in [7, 11) is 0. The van der Waals surface area contributed by atoms with Crippen molar-refractivity contribution in [2.75, 3.05) is 6.54 Å². The zero-order valence-corrected chi connectivity index (χ0v) is 12.3. The van der Waals surface area contributed by atoms with Gasteiger partial charge in [-0.05, 0) is 25.0 Å². The van der Waals surface area contributed by atoms with Crippen molar-refractivity contribution in [3.63, 3.8) is 0 Å². The fraction of sp³-hybridized carbons (Fsp3) is 0.357. The summed E-state index contributed by atoms with van der Waals surface area (Å²) in [5, 5.41) is 6.47. The van der Waals surface area contributed by atoms with Gasteiger partial charge in [0.2, 0.25) is 17.6 Å². The molecule has 0 saturated carbocycles. The summed E-state index contributed by atoms with van der Waals surface area (Å²) in [6.07, 6.45) is 2.98. The molecule has 0 spiro atoms. The van der Waals surface area contributed by atoms with Crippen LogP contribution in [0.1, 0.15) is 18.7 Å². The van der Waals surface area contributed by atoms with Gasteiger partial charge >= 0.3 is 6.03 Å². The van der Waals surface area contributed by atoms with Crippen LogP contribution in [-0.2, 0) is 11.3 Å². The molecule has 0 bridgehead atoms. The number of pyridine rings is 1. The molecule has 1 aliphatic heterocycles. The van der Waals surface area contributed by atoms with Crippen LogP contribution in [-0.4, -0.2) is 44.5 Å². The topological polar surface area (TPSA) is 127 Å². The summed E-state index contributed by atoms with van der Waals surface area (Å²) in [6.45, 7) is 0.573. The minimum Gasteiger partial charge on any atom is -0.368 e. The SMILES string of the molecule is NC(=O)[C@@H]1CCCN1C(=O)NCc1nc(-c2ccccn2)no1. The number of likely N-dealkylation sites (tertiary alicyclic amines) is 1. The van der Waals surface area contributed by atoms with E-state index in [0.717, 1.165) is 6.42 Å². The predicted molar refractivity (Wildman–Crippen MR) is 78.7 cm³/mol. The van der Waals surface area contributed by atoms with Crippen molar-refractivity contribution >= 4 is 11.9 Å². The number of nitrogens with zero attached hydrogens (tertiary/aromatic N) is 4.